The molecule has 2 fully saturated rings. The zero-order valence-electron chi connectivity index (χ0n) is 43.0. The van der Waals surface area contributed by atoms with E-state index in [0.29, 0.717) is 18.5 Å². The molecule has 0 radical (unpaired) electrons. The van der Waals surface area contributed by atoms with Crippen LogP contribution in [0.15, 0.2) is 72.8 Å². The van der Waals surface area contributed by atoms with Crippen LogP contribution in [0, 0.1) is 23.7 Å². The molecule has 6 aliphatic rings. The van der Waals surface area contributed by atoms with E-state index in [9.17, 15) is 33.6 Å². The van der Waals surface area contributed by atoms with Crippen LogP contribution in [0.3, 0.4) is 0 Å². The van der Waals surface area contributed by atoms with E-state index in [4.69, 9.17) is 0 Å². The lowest BCUT2D eigenvalue weighted by Gasteiger charge is -2.36. The number of aryl methyl sites for hydroxylation is 2. The molecule has 390 valence electrons. The Balaban J connectivity index is 1.11. The van der Waals surface area contributed by atoms with Gasteiger partial charge in [0, 0.05) is 55.2 Å². The van der Waals surface area contributed by atoms with Crippen molar-refractivity contribution < 1.29 is 33.6 Å². The first-order valence-electron chi connectivity index (χ1n) is 26.2. The molecule has 9 rings (SSSR count). The Kier molecular flexibility index (Phi) is 17.5. The molecule has 6 bridgehead atoms. The summed E-state index contributed by atoms with van der Waals surface area (Å²) in [5, 5.41) is 24.6. The Labute approximate surface area is 434 Å². The van der Waals surface area contributed by atoms with E-state index in [-0.39, 0.29) is 67.1 Å². The fourth-order valence-corrected chi connectivity index (χ4v) is 11.0. The number of nitrogens with zero attached hydrogens (tertiary/aromatic N) is 2. The van der Waals surface area contributed by atoms with Gasteiger partial charge in [-0.25, -0.2) is 0 Å². The highest BCUT2D eigenvalue weighted by molar-refractivity contribution is 5.99. The monoisotopic (exact) mass is 1010 g/mol. The highest BCUT2D eigenvalue weighted by Crippen LogP contribution is 2.33. The van der Waals surface area contributed by atoms with E-state index >= 15 is 0 Å². The van der Waals surface area contributed by atoms with Crippen molar-refractivity contribution in [1.29, 1.82) is 0 Å². The number of likely N-dealkylation sites (N-methyl/N-ethyl adjacent to an activating group) is 2. The SMILES string of the molecule is CN[C@@H](C)C(=O)N[C@H]1CC#CC#CC[C@H](NC(=O)[C@H](C)NC)C(C)N2C[C@H](C[C@H]2C(=O)N[C@@H]2CCCc3ccccc32)NC(=O)c2ccc(cc2)C(=O)N[C@H]2C[C@@H](C(=O)N[C@@H]3CCCc4ccccc43)N(C2)C1=O. The number of amides is 7. The largest absolute Gasteiger partial charge is 0.349 e. The second-order valence-electron chi connectivity index (χ2n) is 20.4. The molecule has 2 unspecified atom stereocenters. The van der Waals surface area contributed by atoms with Crippen molar-refractivity contribution in [2.45, 2.75) is 151 Å². The number of hydrogen-bond acceptors (Lipinski definition) is 10. The summed E-state index contributed by atoms with van der Waals surface area (Å²) in [6, 6.07) is 15.8. The third kappa shape index (κ3) is 12.5. The predicted molar refractivity (Wildman–Crippen MR) is 280 cm³/mol. The molecule has 0 aromatic heterocycles. The number of hydrogen-bond donors (Lipinski definition) is 8. The predicted octanol–water partition coefficient (Wildman–Crippen LogP) is 2.32. The highest BCUT2D eigenvalue weighted by Gasteiger charge is 2.45. The van der Waals surface area contributed by atoms with Crippen LogP contribution in [0.1, 0.15) is 127 Å². The van der Waals surface area contributed by atoms with Gasteiger partial charge in [0.1, 0.15) is 12.1 Å². The van der Waals surface area contributed by atoms with E-state index < -0.39 is 72.1 Å². The third-order valence-corrected chi connectivity index (χ3v) is 15.5. The smallest absolute Gasteiger partial charge is 0.251 e. The zero-order chi connectivity index (χ0) is 52.5. The fraction of sp³-hybridized carbons (Fsp3) is 0.491. The topological polar surface area (TPSA) is 222 Å². The second kappa shape index (κ2) is 24.3. The van der Waals surface area contributed by atoms with Gasteiger partial charge in [-0.2, -0.15) is 0 Å². The van der Waals surface area contributed by atoms with Crippen LogP contribution >= 0.6 is 0 Å². The Hall–Kier alpha value is -7.05. The van der Waals surface area contributed by atoms with Gasteiger partial charge in [0.05, 0.1) is 36.3 Å². The Morgan fingerprint density at radius 2 is 1.09 bits per heavy atom. The quantitative estimate of drug-likeness (QED) is 0.139. The fourth-order valence-electron chi connectivity index (χ4n) is 11.0. The molecule has 12 atom stereocenters. The highest BCUT2D eigenvalue weighted by atomic mass is 16.2. The molecule has 0 spiro atoms. The molecule has 74 heavy (non-hydrogen) atoms. The maximum atomic E-state index is 14.8. The summed E-state index contributed by atoms with van der Waals surface area (Å²) in [6.07, 6.45) is 5.58. The maximum Gasteiger partial charge on any atom is 0.251 e. The number of carbonyl (C=O) groups excluding carboxylic acids is 7. The van der Waals surface area contributed by atoms with Crippen molar-refractivity contribution in [2.24, 2.45) is 0 Å². The minimum Gasteiger partial charge on any atom is -0.349 e. The summed E-state index contributed by atoms with van der Waals surface area (Å²) in [7, 11) is 3.32. The average Bonchev–Trinajstić information content (AvgIpc) is 4.05. The molecular weight excluding hydrogens is 937 g/mol. The molecule has 2 saturated heterocycles. The summed E-state index contributed by atoms with van der Waals surface area (Å²) in [6.45, 7) is 5.62. The zero-order valence-corrected chi connectivity index (χ0v) is 43.0. The first-order valence-corrected chi connectivity index (χ1v) is 26.2. The Morgan fingerprint density at radius 3 is 1.65 bits per heavy atom. The van der Waals surface area contributed by atoms with Crippen LogP contribution in [0.2, 0.25) is 0 Å². The third-order valence-electron chi connectivity index (χ3n) is 15.5. The molecule has 0 saturated carbocycles. The van der Waals surface area contributed by atoms with Crippen molar-refractivity contribution in [3.63, 3.8) is 0 Å². The van der Waals surface area contributed by atoms with E-state index in [1.165, 1.54) is 10.5 Å². The molecule has 7 amide bonds. The van der Waals surface area contributed by atoms with Crippen LogP contribution in [-0.2, 0) is 36.8 Å². The lowest BCUT2D eigenvalue weighted by atomic mass is 9.87. The molecule has 3 aromatic rings. The number of nitrogens with one attached hydrogen (secondary N) is 8. The van der Waals surface area contributed by atoms with Crippen LogP contribution < -0.4 is 42.5 Å². The maximum absolute atomic E-state index is 14.8. The lowest BCUT2D eigenvalue weighted by molar-refractivity contribution is -0.141. The van der Waals surface area contributed by atoms with Crippen molar-refractivity contribution >= 4 is 41.4 Å². The molecule has 4 heterocycles. The van der Waals surface area contributed by atoms with E-state index in [0.717, 1.165) is 55.2 Å². The lowest BCUT2D eigenvalue weighted by Crippen LogP contribution is -2.57. The van der Waals surface area contributed by atoms with E-state index in [1.807, 2.05) is 42.2 Å². The van der Waals surface area contributed by atoms with Crippen molar-refractivity contribution in [1.82, 2.24) is 52.3 Å². The van der Waals surface area contributed by atoms with E-state index in [1.54, 1.807) is 52.2 Å². The van der Waals surface area contributed by atoms with Crippen molar-refractivity contribution in [3.05, 3.63) is 106 Å². The van der Waals surface area contributed by atoms with Crippen LogP contribution in [0.4, 0.5) is 0 Å². The van der Waals surface area contributed by atoms with Gasteiger partial charge in [-0.1, -0.05) is 60.4 Å². The van der Waals surface area contributed by atoms with Crippen molar-refractivity contribution in [2.75, 3.05) is 27.2 Å². The van der Waals surface area contributed by atoms with Gasteiger partial charge in [0.15, 0.2) is 0 Å². The molecular formula is C57H70N10O7. The van der Waals surface area contributed by atoms with E-state index in [2.05, 4.69) is 84.4 Å². The van der Waals surface area contributed by atoms with Gasteiger partial charge in [0.25, 0.3) is 11.8 Å². The van der Waals surface area contributed by atoms with Crippen LogP contribution in [0.25, 0.3) is 0 Å². The molecule has 3 aromatic carbocycles. The van der Waals surface area contributed by atoms with Crippen molar-refractivity contribution in [3.8, 4) is 23.7 Å². The Morgan fingerprint density at radius 1 is 0.608 bits per heavy atom. The number of benzene rings is 3. The molecule has 8 N–H and O–H groups in total. The summed E-state index contributed by atoms with van der Waals surface area (Å²) < 4.78 is 0. The summed E-state index contributed by atoms with van der Waals surface area (Å²) in [4.78, 5) is 102. The number of carbonyl (C=O) groups is 7. The standard InChI is InChI=1S/C57H70N10O7/c1-34(58-4)51(68)62-45-22-8-6-7-9-23-48(65-52(69)35(2)59-5)57(74)67-33-42(31-50(67)56(73)64-47-25-15-19-38-17-11-13-21-44(38)47)61-54(71)40-28-26-39(27-29-40)53(70)60-41-30-49(66(32-41)36(45)3)55(72)63-46-24-14-18-37-16-10-12-20-43(37)46/h10-13,16-17,20-21,26-29,34-36,41-42,45-50,58-59H,14-15,18-19,22-25,30-33H2,1-5H3,(H,60,70)(H,61,71)(H,62,68)(H,63,72)(H,64,73)(H,65,69)/t34-,35-,36?,41-,42-,45-,46+,47+,48-,49-,50-/m0/s1. The first-order chi connectivity index (χ1) is 35.7. The summed E-state index contributed by atoms with van der Waals surface area (Å²) in [5.74, 6) is 9.20. The van der Waals surface area contributed by atoms with Gasteiger partial charge in [-0.3, -0.25) is 38.5 Å². The first kappa shape index (κ1) is 53.2. The number of fused-ring (bicyclic) bond motifs is 13. The average molecular weight is 1010 g/mol. The molecule has 2 aliphatic carbocycles. The van der Waals surface area contributed by atoms with Gasteiger partial charge >= 0.3 is 0 Å². The van der Waals surface area contributed by atoms with Gasteiger partial charge in [-0.15, -0.1) is 0 Å². The summed E-state index contributed by atoms with van der Waals surface area (Å²) in [5.41, 5.74) is 5.07. The number of rotatable bonds is 10. The Bertz CT molecular complexity index is 2730. The van der Waals surface area contributed by atoms with Gasteiger partial charge < -0.3 is 47.4 Å². The molecule has 17 nitrogen and oxygen atoms in total. The second-order valence-corrected chi connectivity index (χ2v) is 20.4. The summed E-state index contributed by atoms with van der Waals surface area (Å²) >= 11 is 0. The van der Waals surface area contributed by atoms with Crippen LogP contribution in [0.5, 0.6) is 0 Å². The molecule has 17 heteroatoms. The van der Waals surface area contributed by atoms with Gasteiger partial charge in [-0.05, 0) is 145 Å². The van der Waals surface area contributed by atoms with Crippen LogP contribution in [-0.4, -0.2) is 133 Å². The minimum absolute atomic E-state index is 0.0194. The molecule has 4 aliphatic heterocycles. The normalized spacial score (nSPS) is 27.6. The van der Waals surface area contributed by atoms with Gasteiger partial charge in [0.2, 0.25) is 29.5 Å². The minimum atomic E-state index is -1.18.